The van der Waals surface area contributed by atoms with Crippen molar-refractivity contribution in [3.63, 3.8) is 0 Å². The summed E-state index contributed by atoms with van der Waals surface area (Å²) in [4.78, 5) is 0. The van der Waals surface area contributed by atoms with E-state index in [-0.39, 0.29) is 5.41 Å². The Bertz CT molecular complexity index is 372. The van der Waals surface area contributed by atoms with Crippen LogP contribution in [0.3, 0.4) is 0 Å². The molecule has 3 unspecified atom stereocenters. The molecule has 1 heteroatoms. The minimum absolute atomic E-state index is 0.255. The molecular weight excluding hydrogens is 206 g/mol. The lowest BCUT2D eigenvalue weighted by molar-refractivity contribution is 0.572. The van der Waals surface area contributed by atoms with Crippen molar-refractivity contribution in [1.82, 2.24) is 5.32 Å². The molecule has 1 aromatic carbocycles. The van der Waals surface area contributed by atoms with Gasteiger partial charge in [-0.2, -0.15) is 0 Å². The Labute approximate surface area is 106 Å². The smallest absolute Gasteiger partial charge is 0.0110 e. The van der Waals surface area contributed by atoms with Gasteiger partial charge in [-0.1, -0.05) is 45.0 Å². The van der Waals surface area contributed by atoms with Crippen LogP contribution in [0.25, 0.3) is 0 Å². The maximum atomic E-state index is 3.61. The summed E-state index contributed by atoms with van der Waals surface area (Å²) in [5.41, 5.74) is 3.17. The van der Waals surface area contributed by atoms with Gasteiger partial charge in [0.05, 0.1) is 0 Å². The monoisotopic (exact) mass is 231 g/mol. The topological polar surface area (TPSA) is 12.0 Å². The highest BCUT2D eigenvalue weighted by molar-refractivity contribution is 5.31. The van der Waals surface area contributed by atoms with Gasteiger partial charge in [0.2, 0.25) is 0 Å². The Kier molecular flexibility index (Phi) is 3.31. The van der Waals surface area contributed by atoms with Crippen LogP contribution in [0.5, 0.6) is 0 Å². The molecule has 1 aliphatic rings. The average molecular weight is 231 g/mol. The summed E-state index contributed by atoms with van der Waals surface area (Å²) in [6, 6.07) is 10.5. The highest BCUT2D eigenvalue weighted by Gasteiger charge is 2.29. The van der Waals surface area contributed by atoms with E-state index in [9.17, 15) is 0 Å². The Morgan fingerprint density at radius 3 is 2.06 bits per heavy atom. The van der Waals surface area contributed by atoms with E-state index in [2.05, 4.69) is 64.2 Å². The van der Waals surface area contributed by atoms with Gasteiger partial charge in [-0.3, -0.25) is 0 Å². The summed E-state index contributed by atoms with van der Waals surface area (Å²) in [6.45, 7) is 11.4. The van der Waals surface area contributed by atoms with Crippen LogP contribution in [0.4, 0.5) is 0 Å². The maximum absolute atomic E-state index is 3.61. The molecule has 1 heterocycles. The lowest BCUT2D eigenvalue weighted by atomic mass is 9.84. The molecule has 1 fully saturated rings. The molecule has 0 radical (unpaired) electrons. The number of nitrogens with one attached hydrogen (secondary N) is 1. The summed E-state index contributed by atoms with van der Waals surface area (Å²) in [5.74, 6) is 0.680. The zero-order chi connectivity index (χ0) is 12.6. The SMILES string of the molecule is CC1CC(c2ccc(C(C)(C)C)cc2)C(C)N1. The first kappa shape index (κ1) is 12.6. The number of benzene rings is 1. The Morgan fingerprint density at radius 2 is 1.65 bits per heavy atom. The molecule has 2 rings (SSSR count). The maximum Gasteiger partial charge on any atom is 0.0110 e. The van der Waals surface area contributed by atoms with Crippen LogP contribution in [0.1, 0.15) is 58.1 Å². The normalized spacial score (nSPS) is 29.6. The first-order chi connectivity index (χ1) is 7.88. The van der Waals surface area contributed by atoms with Crippen LogP contribution in [-0.2, 0) is 5.41 Å². The molecule has 94 valence electrons. The fourth-order valence-electron chi connectivity index (χ4n) is 2.87. The second kappa shape index (κ2) is 4.45. The van der Waals surface area contributed by atoms with Gasteiger partial charge in [-0.15, -0.1) is 0 Å². The number of hydrogen-bond acceptors (Lipinski definition) is 1. The van der Waals surface area contributed by atoms with Gasteiger partial charge < -0.3 is 5.32 Å². The van der Waals surface area contributed by atoms with Crippen molar-refractivity contribution in [2.75, 3.05) is 0 Å². The molecule has 17 heavy (non-hydrogen) atoms. The van der Waals surface area contributed by atoms with Crippen LogP contribution < -0.4 is 5.32 Å². The summed E-state index contributed by atoms with van der Waals surface area (Å²) < 4.78 is 0. The van der Waals surface area contributed by atoms with Crippen molar-refractivity contribution in [2.24, 2.45) is 0 Å². The van der Waals surface area contributed by atoms with Gasteiger partial charge in [-0.05, 0) is 36.8 Å². The molecule has 1 saturated heterocycles. The fourth-order valence-corrected chi connectivity index (χ4v) is 2.87. The van der Waals surface area contributed by atoms with Crippen molar-refractivity contribution in [2.45, 2.75) is 64.5 Å². The summed E-state index contributed by atoms with van der Waals surface area (Å²) in [5, 5.41) is 3.61. The predicted molar refractivity (Wildman–Crippen MR) is 74.6 cm³/mol. The first-order valence-corrected chi connectivity index (χ1v) is 6.74. The third kappa shape index (κ3) is 2.71. The Morgan fingerprint density at radius 1 is 1.06 bits per heavy atom. The van der Waals surface area contributed by atoms with Gasteiger partial charge in [-0.25, -0.2) is 0 Å². The summed E-state index contributed by atoms with van der Waals surface area (Å²) in [6.07, 6.45) is 1.26. The Hall–Kier alpha value is -0.820. The van der Waals surface area contributed by atoms with Crippen molar-refractivity contribution in [3.05, 3.63) is 35.4 Å². The fraction of sp³-hybridized carbons (Fsp3) is 0.625. The molecule has 0 amide bonds. The van der Waals surface area contributed by atoms with Crippen molar-refractivity contribution >= 4 is 0 Å². The molecule has 0 bridgehead atoms. The van der Waals surface area contributed by atoms with E-state index in [4.69, 9.17) is 0 Å². The van der Waals surface area contributed by atoms with Gasteiger partial charge in [0, 0.05) is 18.0 Å². The highest BCUT2D eigenvalue weighted by Crippen LogP contribution is 2.32. The molecule has 0 aromatic heterocycles. The van der Waals surface area contributed by atoms with Crippen LogP contribution in [0.15, 0.2) is 24.3 Å². The second-order valence-electron chi connectivity index (χ2n) is 6.57. The van der Waals surface area contributed by atoms with E-state index >= 15 is 0 Å². The van der Waals surface area contributed by atoms with E-state index in [1.807, 2.05) is 0 Å². The standard InChI is InChI=1S/C16H25N/c1-11-10-15(12(2)17-11)13-6-8-14(9-7-13)16(3,4)5/h6-9,11-12,15,17H,10H2,1-5H3. The number of hydrogen-bond donors (Lipinski definition) is 1. The molecule has 1 N–H and O–H groups in total. The van der Waals surface area contributed by atoms with Crippen molar-refractivity contribution in [3.8, 4) is 0 Å². The molecule has 1 aromatic rings. The lowest BCUT2D eigenvalue weighted by Gasteiger charge is -2.21. The summed E-state index contributed by atoms with van der Waals surface area (Å²) >= 11 is 0. The van der Waals surface area contributed by atoms with Gasteiger partial charge >= 0.3 is 0 Å². The predicted octanol–water partition coefficient (Wildman–Crippen LogP) is 3.84. The third-order valence-corrected chi connectivity index (χ3v) is 3.96. The highest BCUT2D eigenvalue weighted by atomic mass is 15.0. The van der Waals surface area contributed by atoms with E-state index in [1.165, 1.54) is 17.5 Å². The molecule has 1 nitrogen and oxygen atoms in total. The quantitative estimate of drug-likeness (QED) is 0.774. The number of rotatable bonds is 1. The largest absolute Gasteiger partial charge is 0.311 e. The second-order valence-corrected chi connectivity index (χ2v) is 6.57. The third-order valence-electron chi connectivity index (χ3n) is 3.96. The average Bonchev–Trinajstić information content (AvgIpc) is 2.57. The zero-order valence-electron chi connectivity index (χ0n) is 11.7. The van der Waals surface area contributed by atoms with Gasteiger partial charge in [0.15, 0.2) is 0 Å². The van der Waals surface area contributed by atoms with Crippen molar-refractivity contribution < 1.29 is 0 Å². The minimum Gasteiger partial charge on any atom is -0.311 e. The lowest BCUT2D eigenvalue weighted by Crippen LogP contribution is -2.26. The van der Waals surface area contributed by atoms with Crippen LogP contribution in [-0.4, -0.2) is 12.1 Å². The molecule has 0 aliphatic carbocycles. The van der Waals surface area contributed by atoms with E-state index in [0.29, 0.717) is 18.0 Å². The van der Waals surface area contributed by atoms with Crippen LogP contribution >= 0.6 is 0 Å². The molecule has 0 saturated carbocycles. The molecular formula is C16H25N. The first-order valence-electron chi connectivity index (χ1n) is 6.74. The van der Waals surface area contributed by atoms with Crippen LogP contribution in [0, 0.1) is 0 Å². The zero-order valence-corrected chi connectivity index (χ0v) is 11.7. The van der Waals surface area contributed by atoms with E-state index < -0.39 is 0 Å². The van der Waals surface area contributed by atoms with Crippen LogP contribution in [0.2, 0.25) is 0 Å². The minimum atomic E-state index is 0.255. The van der Waals surface area contributed by atoms with Gasteiger partial charge in [0.25, 0.3) is 0 Å². The van der Waals surface area contributed by atoms with E-state index in [1.54, 1.807) is 0 Å². The molecule has 1 aliphatic heterocycles. The molecule has 3 atom stereocenters. The molecule has 0 spiro atoms. The van der Waals surface area contributed by atoms with Gasteiger partial charge in [0.1, 0.15) is 0 Å². The van der Waals surface area contributed by atoms with Crippen molar-refractivity contribution in [1.29, 1.82) is 0 Å². The van der Waals surface area contributed by atoms with E-state index in [0.717, 1.165) is 0 Å². The summed E-state index contributed by atoms with van der Waals surface area (Å²) in [7, 11) is 0. The Balaban J connectivity index is 2.19.